The van der Waals surface area contributed by atoms with Crippen molar-refractivity contribution in [3.05, 3.63) is 76.2 Å². The molecule has 3 aromatic heterocycles. The van der Waals surface area contributed by atoms with Crippen molar-refractivity contribution >= 4 is 23.2 Å². The number of carbonyl (C=O) groups excluding carboxylic acids is 1. The predicted molar refractivity (Wildman–Crippen MR) is 138 cm³/mol. The number of nitrogens with zero attached hydrogens (tertiary/aromatic N) is 4. The fourth-order valence-electron chi connectivity index (χ4n) is 3.66. The van der Waals surface area contributed by atoms with Crippen LogP contribution in [0.4, 0.5) is 24.5 Å². The zero-order valence-electron chi connectivity index (χ0n) is 21.3. The van der Waals surface area contributed by atoms with Gasteiger partial charge in [-0.15, -0.1) is 5.10 Å². The molecule has 0 saturated heterocycles. The quantitative estimate of drug-likeness (QED) is 0.0845. The number of methoxy groups -OCH3 is 2. The number of H-pyrrole nitrogens is 1. The number of anilines is 2. The van der Waals surface area contributed by atoms with Gasteiger partial charge in [-0.1, -0.05) is 0 Å². The highest BCUT2D eigenvalue weighted by Gasteiger charge is 2.42. The van der Waals surface area contributed by atoms with E-state index in [1.807, 2.05) is 0 Å². The molecule has 3 heterocycles. The second-order valence-corrected chi connectivity index (χ2v) is 8.21. The smallest absolute Gasteiger partial charge is 0.491 e. The monoisotopic (exact) mass is 573 g/mol. The van der Waals surface area contributed by atoms with E-state index in [9.17, 15) is 22.8 Å². The van der Waals surface area contributed by atoms with Crippen molar-refractivity contribution in [3.63, 3.8) is 0 Å². The van der Waals surface area contributed by atoms with Gasteiger partial charge in [-0.2, -0.15) is 17.9 Å². The lowest BCUT2D eigenvalue weighted by atomic mass is 10.1. The summed E-state index contributed by atoms with van der Waals surface area (Å²) in [6.07, 6.45) is -2.49. The molecule has 1 aromatic carbocycles. The molecule has 7 N–H and O–H groups in total. The fraction of sp³-hybridized carbons (Fsp3) is 0.167. The Balaban J connectivity index is 1.83. The summed E-state index contributed by atoms with van der Waals surface area (Å²) < 4.78 is 54.6. The Morgan fingerprint density at radius 3 is 2.54 bits per heavy atom. The van der Waals surface area contributed by atoms with Crippen LogP contribution in [0.1, 0.15) is 23.0 Å². The van der Waals surface area contributed by atoms with Crippen molar-refractivity contribution in [1.82, 2.24) is 24.7 Å². The van der Waals surface area contributed by atoms with Crippen LogP contribution in [-0.2, 0) is 4.79 Å². The number of rotatable bonds is 9. The topological polar surface area (TPSA) is 209 Å². The molecule has 0 aliphatic carbocycles. The van der Waals surface area contributed by atoms with Crippen molar-refractivity contribution in [2.24, 2.45) is 5.73 Å². The average molecular weight is 573 g/mol. The van der Waals surface area contributed by atoms with Crippen LogP contribution in [0, 0.1) is 5.41 Å². The molecular weight excluding hydrogens is 551 g/mol. The zero-order valence-corrected chi connectivity index (χ0v) is 21.3. The van der Waals surface area contributed by atoms with Crippen molar-refractivity contribution < 1.29 is 32.2 Å². The van der Waals surface area contributed by atoms with E-state index in [0.29, 0.717) is 5.56 Å². The van der Waals surface area contributed by atoms with E-state index >= 15 is 0 Å². The summed E-state index contributed by atoms with van der Waals surface area (Å²) in [5.41, 5.74) is 11.1. The van der Waals surface area contributed by atoms with Crippen molar-refractivity contribution in [3.8, 4) is 23.2 Å². The molecule has 4 rings (SSSR count). The van der Waals surface area contributed by atoms with E-state index in [1.165, 1.54) is 50.9 Å². The third-order valence-corrected chi connectivity index (χ3v) is 5.53. The number of nitrogens with one attached hydrogen (secondary N) is 3. The largest absolute Gasteiger partial charge is 0.491 e. The normalized spacial score (nSPS) is 11.9. The number of aromatic nitrogens is 5. The minimum absolute atomic E-state index is 0.0125. The molecule has 0 spiro atoms. The van der Waals surface area contributed by atoms with E-state index in [4.69, 9.17) is 26.4 Å². The SMILES string of the molecule is COc1cc(C(Nc2ccc(C(=N)N)c(OC(=O)C(F)(F)F)c2)c2nn(-c3ncccc3N)c(=O)[nH]2)cnc1OC. The van der Waals surface area contributed by atoms with Gasteiger partial charge in [0, 0.05) is 29.7 Å². The number of halogens is 3. The molecule has 0 fully saturated rings. The fourth-order valence-corrected chi connectivity index (χ4v) is 3.66. The maximum absolute atomic E-state index is 12.9. The van der Waals surface area contributed by atoms with Gasteiger partial charge >= 0.3 is 17.8 Å². The van der Waals surface area contributed by atoms with Gasteiger partial charge in [-0.05, 0) is 30.3 Å². The molecule has 41 heavy (non-hydrogen) atoms. The number of nitrogens with two attached hydrogens (primary N) is 2. The number of amidine groups is 1. The van der Waals surface area contributed by atoms with Crippen molar-refractivity contribution in [2.45, 2.75) is 12.2 Å². The summed E-state index contributed by atoms with van der Waals surface area (Å²) in [7, 11) is 2.77. The van der Waals surface area contributed by atoms with Gasteiger partial charge in [0.05, 0.1) is 25.5 Å². The average Bonchev–Trinajstić information content (AvgIpc) is 3.31. The maximum Gasteiger partial charge on any atom is 0.491 e. The third-order valence-electron chi connectivity index (χ3n) is 5.53. The number of hydrogen-bond acceptors (Lipinski definition) is 11. The zero-order chi connectivity index (χ0) is 29.9. The molecule has 14 nitrogen and oxygen atoms in total. The highest BCUT2D eigenvalue weighted by atomic mass is 19.4. The molecule has 214 valence electrons. The summed E-state index contributed by atoms with van der Waals surface area (Å²) in [4.78, 5) is 35.3. The minimum Gasteiger partial charge on any atom is -0.491 e. The van der Waals surface area contributed by atoms with E-state index in [1.54, 1.807) is 6.07 Å². The van der Waals surface area contributed by atoms with Gasteiger partial charge in [-0.3, -0.25) is 10.4 Å². The number of esters is 1. The van der Waals surface area contributed by atoms with E-state index in [2.05, 4.69) is 30.1 Å². The molecule has 0 aliphatic rings. The van der Waals surface area contributed by atoms with Gasteiger partial charge in [0.15, 0.2) is 17.4 Å². The lowest BCUT2D eigenvalue weighted by Gasteiger charge is -2.20. The van der Waals surface area contributed by atoms with Crippen LogP contribution >= 0.6 is 0 Å². The minimum atomic E-state index is -5.30. The number of nitrogen functional groups attached to an aromatic ring is 2. The highest BCUT2D eigenvalue weighted by Crippen LogP contribution is 2.33. The molecule has 4 aromatic rings. The Morgan fingerprint density at radius 1 is 1.15 bits per heavy atom. The standard InChI is InChI=1S/C24H22F3N9O5/c1-39-16-8-11(10-32-21(16)40-2)17(19-34-23(38)36(35-19)20-14(28)4-3-7-31-20)33-12-5-6-13(18(29)30)15(9-12)41-22(37)24(25,26)27/h3-10,17,33H,28H2,1-2H3,(H3,29,30)(H,34,35,38). The Kier molecular flexibility index (Phi) is 7.79. The Hall–Kier alpha value is -5.61. The van der Waals surface area contributed by atoms with Crippen LogP contribution in [0.5, 0.6) is 17.4 Å². The number of ether oxygens (including phenoxy) is 3. The molecule has 0 aliphatic heterocycles. The summed E-state index contributed by atoms with van der Waals surface area (Å²) in [6.45, 7) is 0. The van der Waals surface area contributed by atoms with Crippen LogP contribution in [0.3, 0.4) is 0 Å². The molecule has 0 bridgehead atoms. The predicted octanol–water partition coefficient (Wildman–Crippen LogP) is 1.90. The highest BCUT2D eigenvalue weighted by molar-refractivity contribution is 5.99. The lowest BCUT2D eigenvalue weighted by Crippen LogP contribution is -2.29. The maximum atomic E-state index is 12.9. The van der Waals surface area contributed by atoms with E-state index in [-0.39, 0.29) is 40.2 Å². The molecule has 0 saturated carbocycles. The third kappa shape index (κ3) is 6.02. The second-order valence-electron chi connectivity index (χ2n) is 8.21. The summed E-state index contributed by atoms with van der Waals surface area (Å²) >= 11 is 0. The van der Waals surface area contributed by atoms with Crippen LogP contribution in [0.25, 0.3) is 5.82 Å². The second kappa shape index (κ2) is 11.2. The number of alkyl halides is 3. The van der Waals surface area contributed by atoms with Crippen LogP contribution < -0.4 is 36.7 Å². The van der Waals surface area contributed by atoms with Gasteiger partial charge < -0.3 is 31.0 Å². The Labute approximate surface area is 228 Å². The Bertz CT molecular complexity index is 1670. The van der Waals surface area contributed by atoms with Crippen LogP contribution in [-0.4, -0.2) is 56.9 Å². The summed E-state index contributed by atoms with van der Waals surface area (Å²) in [5.74, 6) is -3.34. The van der Waals surface area contributed by atoms with E-state index in [0.717, 1.165) is 10.7 Å². The molecule has 0 radical (unpaired) electrons. The van der Waals surface area contributed by atoms with Crippen molar-refractivity contribution in [1.29, 1.82) is 5.41 Å². The van der Waals surface area contributed by atoms with Crippen molar-refractivity contribution in [2.75, 3.05) is 25.3 Å². The first-order chi connectivity index (χ1) is 19.4. The van der Waals surface area contributed by atoms with Gasteiger partial charge in [0.25, 0.3) is 5.88 Å². The van der Waals surface area contributed by atoms with Gasteiger partial charge in [-0.25, -0.2) is 19.6 Å². The molecule has 1 unspecified atom stereocenters. The first-order valence-electron chi connectivity index (χ1n) is 11.4. The first kappa shape index (κ1) is 28.4. The number of carbonyl (C=O) groups is 1. The number of aromatic amines is 1. The number of pyridine rings is 2. The number of hydrogen-bond donors (Lipinski definition) is 5. The van der Waals surface area contributed by atoms with Crippen LogP contribution in [0.2, 0.25) is 0 Å². The Morgan fingerprint density at radius 2 is 1.90 bits per heavy atom. The summed E-state index contributed by atoms with van der Waals surface area (Å²) in [6, 6.07) is 7.19. The molecule has 1 atom stereocenters. The van der Waals surface area contributed by atoms with Crippen LogP contribution in [0.15, 0.2) is 53.6 Å². The van der Waals surface area contributed by atoms with Gasteiger partial charge in [0.2, 0.25) is 0 Å². The number of benzene rings is 1. The molecule has 0 amide bonds. The summed E-state index contributed by atoms with van der Waals surface area (Å²) in [5, 5.41) is 15.0. The lowest BCUT2D eigenvalue weighted by molar-refractivity contribution is -0.189. The first-order valence-corrected chi connectivity index (χ1v) is 11.4. The molecule has 17 heteroatoms. The van der Waals surface area contributed by atoms with Gasteiger partial charge in [0.1, 0.15) is 17.6 Å². The molecular formula is C24H22F3N9O5. The van der Waals surface area contributed by atoms with E-state index < -0.39 is 35.5 Å².